The molecule has 1 aliphatic carbocycles. The van der Waals surface area contributed by atoms with Crippen molar-refractivity contribution in [1.29, 1.82) is 0 Å². The number of halogens is 1. The number of nitrogens with zero attached hydrogens (tertiary/aromatic N) is 5. The summed E-state index contributed by atoms with van der Waals surface area (Å²) in [6, 6.07) is 2.50. The van der Waals surface area contributed by atoms with Crippen molar-refractivity contribution >= 4 is 35.5 Å². The van der Waals surface area contributed by atoms with E-state index in [0.717, 1.165) is 19.3 Å². The van der Waals surface area contributed by atoms with Crippen LogP contribution in [0.15, 0.2) is 30.4 Å². The van der Waals surface area contributed by atoms with Crippen LogP contribution in [0.1, 0.15) is 71.8 Å². The standard InChI is InChI=1S/C31H40ClN7O7/c1-30(2,3)46-29(44)33-22-11-9-7-5-6-8-10-19-16-31(19,28(42)43)34-26(40)23-15-20(17-38(23)27(22)41)39-36-25(35-37-39)18-12-13-24(45-4)21(32)14-18/h8,10,12-14,19-20,22-23H,5-7,9,11,15-17H2,1-4H3,(H,33,44)(H,34,40)(H,42,43)/b10-8-/t19-,20+,22-,23+,31+/m1/s1. The average molecular weight is 658 g/mol. The number of tetrazole rings is 1. The number of allylic oxidation sites excluding steroid dienone is 1. The molecule has 5 atom stereocenters. The van der Waals surface area contributed by atoms with Crippen LogP contribution in [0, 0.1) is 5.92 Å². The van der Waals surface area contributed by atoms with Crippen molar-refractivity contribution in [2.45, 2.75) is 95.0 Å². The molecule has 3 heterocycles. The summed E-state index contributed by atoms with van der Waals surface area (Å²) in [5, 5.41) is 28.8. The number of carboxylic acids is 1. The Morgan fingerprint density at radius 3 is 2.67 bits per heavy atom. The lowest BCUT2D eigenvalue weighted by Gasteiger charge is -2.30. The molecule has 2 aliphatic heterocycles. The van der Waals surface area contributed by atoms with Crippen molar-refractivity contribution in [3.05, 3.63) is 35.4 Å². The van der Waals surface area contributed by atoms with Crippen molar-refractivity contribution in [3.8, 4) is 17.1 Å². The van der Waals surface area contributed by atoms with E-state index in [9.17, 15) is 24.3 Å². The van der Waals surface area contributed by atoms with E-state index in [1.54, 1.807) is 39.0 Å². The number of nitrogens with one attached hydrogen (secondary N) is 2. The smallest absolute Gasteiger partial charge is 0.408 e. The van der Waals surface area contributed by atoms with Crippen molar-refractivity contribution in [1.82, 2.24) is 35.7 Å². The average Bonchev–Trinajstić information content (AvgIpc) is 3.31. The number of fused-ring (bicyclic) bond motifs is 2. The van der Waals surface area contributed by atoms with Crippen molar-refractivity contribution < 1.29 is 33.8 Å². The Labute approximate surface area is 271 Å². The second-order valence-electron chi connectivity index (χ2n) is 13.0. The number of carboxylic acid groups (broad SMARTS) is 1. The Balaban J connectivity index is 1.44. The first-order valence-electron chi connectivity index (χ1n) is 15.5. The predicted molar refractivity (Wildman–Crippen MR) is 166 cm³/mol. The summed E-state index contributed by atoms with van der Waals surface area (Å²) < 4.78 is 10.7. The van der Waals surface area contributed by atoms with Gasteiger partial charge in [0.15, 0.2) is 0 Å². The highest BCUT2D eigenvalue weighted by atomic mass is 35.5. The first-order chi connectivity index (χ1) is 21.8. The molecule has 1 aromatic heterocycles. The molecular weight excluding hydrogens is 618 g/mol. The molecule has 2 aromatic rings. The Kier molecular flexibility index (Phi) is 9.57. The van der Waals surface area contributed by atoms with Crippen molar-refractivity contribution in [2.75, 3.05) is 13.7 Å². The Morgan fingerprint density at radius 2 is 1.98 bits per heavy atom. The van der Waals surface area contributed by atoms with Crippen LogP contribution in [0.4, 0.5) is 4.79 Å². The maximum absolute atomic E-state index is 14.2. The quantitative estimate of drug-likeness (QED) is 0.403. The molecule has 46 heavy (non-hydrogen) atoms. The van der Waals surface area contributed by atoms with Gasteiger partial charge in [0.25, 0.3) is 0 Å². The normalized spacial score (nSPS) is 27.7. The third kappa shape index (κ3) is 7.27. The number of amides is 3. The van der Waals surface area contributed by atoms with Crippen LogP contribution in [0.5, 0.6) is 5.75 Å². The first-order valence-corrected chi connectivity index (χ1v) is 15.8. The zero-order valence-corrected chi connectivity index (χ0v) is 27.1. The number of methoxy groups -OCH3 is 1. The van der Waals surface area contributed by atoms with E-state index >= 15 is 0 Å². The number of hydrogen-bond donors (Lipinski definition) is 3. The Hall–Kier alpha value is -4.20. The molecule has 0 unspecified atom stereocenters. The van der Waals surface area contributed by atoms with Gasteiger partial charge >= 0.3 is 12.1 Å². The zero-order chi connectivity index (χ0) is 33.2. The largest absolute Gasteiger partial charge is 0.495 e. The number of carbonyl (C=O) groups excluding carboxylic acids is 3. The van der Waals surface area contributed by atoms with E-state index < -0.39 is 53.1 Å². The summed E-state index contributed by atoms with van der Waals surface area (Å²) in [4.78, 5) is 55.9. The van der Waals surface area contributed by atoms with Gasteiger partial charge in [0, 0.05) is 24.4 Å². The lowest BCUT2D eigenvalue weighted by molar-refractivity contribution is -0.145. The van der Waals surface area contributed by atoms with Gasteiger partial charge < -0.3 is 30.1 Å². The van der Waals surface area contributed by atoms with Crippen LogP contribution in [-0.4, -0.2) is 91.0 Å². The number of benzene rings is 1. The number of aromatic nitrogens is 4. The molecule has 1 saturated heterocycles. The maximum Gasteiger partial charge on any atom is 0.408 e. The Bertz CT molecular complexity index is 1520. The van der Waals surface area contributed by atoms with Gasteiger partial charge in [0.2, 0.25) is 17.6 Å². The van der Waals surface area contributed by atoms with Crippen LogP contribution in [-0.2, 0) is 19.1 Å². The monoisotopic (exact) mass is 657 g/mol. The molecule has 14 nitrogen and oxygen atoms in total. The summed E-state index contributed by atoms with van der Waals surface area (Å²) in [7, 11) is 1.51. The summed E-state index contributed by atoms with van der Waals surface area (Å²) >= 11 is 6.29. The third-order valence-electron chi connectivity index (χ3n) is 8.49. The van der Waals surface area contributed by atoms with Gasteiger partial charge in [-0.1, -0.05) is 36.6 Å². The number of aliphatic carboxylic acids is 1. The Morgan fingerprint density at radius 1 is 1.20 bits per heavy atom. The maximum atomic E-state index is 14.2. The van der Waals surface area contributed by atoms with Gasteiger partial charge in [-0.3, -0.25) is 9.59 Å². The molecule has 3 amide bonds. The van der Waals surface area contributed by atoms with Crippen molar-refractivity contribution in [3.63, 3.8) is 0 Å². The van der Waals surface area contributed by atoms with Gasteiger partial charge in [-0.05, 0) is 69.9 Å². The van der Waals surface area contributed by atoms with E-state index in [2.05, 4.69) is 26.0 Å². The molecule has 248 valence electrons. The lowest BCUT2D eigenvalue weighted by Crippen LogP contribution is -2.56. The van der Waals surface area contributed by atoms with Crippen LogP contribution in [0.2, 0.25) is 5.02 Å². The SMILES string of the molecule is COc1ccc(-c2nnn([C@H]3C[C@H]4C(=O)N[C@@]5(C(=O)O)C[C@H]5/C=C\CCCCC[C@@H](NC(=O)OC(C)(C)C)C(=O)N4C3)n2)cc1Cl. The minimum atomic E-state index is -1.44. The number of rotatable bonds is 5. The zero-order valence-electron chi connectivity index (χ0n) is 26.4. The minimum Gasteiger partial charge on any atom is -0.495 e. The summed E-state index contributed by atoms with van der Waals surface area (Å²) in [5.74, 6) is -1.77. The van der Waals surface area contributed by atoms with E-state index in [0.29, 0.717) is 29.2 Å². The third-order valence-corrected chi connectivity index (χ3v) is 8.79. The topological polar surface area (TPSA) is 178 Å². The summed E-state index contributed by atoms with van der Waals surface area (Å²) in [6.45, 7) is 5.22. The molecule has 0 radical (unpaired) electrons. The fraction of sp³-hybridized carbons (Fsp3) is 0.581. The molecule has 1 aromatic carbocycles. The fourth-order valence-electron chi connectivity index (χ4n) is 6.00. The highest BCUT2D eigenvalue weighted by Gasteiger charge is 2.61. The first kappa shape index (κ1) is 33.2. The van der Waals surface area contributed by atoms with Gasteiger partial charge in [-0.25, -0.2) is 9.59 Å². The van der Waals surface area contributed by atoms with Gasteiger partial charge in [0.05, 0.1) is 18.2 Å². The van der Waals surface area contributed by atoms with E-state index in [1.165, 1.54) is 16.8 Å². The summed E-state index contributed by atoms with van der Waals surface area (Å²) in [6.07, 6.45) is 6.78. The van der Waals surface area contributed by atoms with Crippen molar-refractivity contribution in [2.24, 2.45) is 5.92 Å². The molecule has 0 bridgehead atoms. The lowest BCUT2D eigenvalue weighted by atomic mass is 10.0. The molecule has 3 aliphatic rings. The summed E-state index contributed by atoms with van der Waals surface area (Å²) in [5.41, 5.74) is -1.63. The number of alkyl carbamates (subject to hydrolysis) is 1. The second kappa shape index (κ2) is 13.3. The van der Waals surface area contributed by atoms with E-state index in [-0.39, 0.29) is 31.1 Å². The second-order valence-corrected chi connectivity index (χ2v) is 13.4. The van der Waals surface area contributed by atoms with Crippen LogP contribution in [0.25, 0.3) is 11.4 Å². The molecular formula is C31H40ClN7O7. The molecule has 15 heteroatoms. The molecule has 1 saturated carbocycles. The molecule has 5 rings (SSSR count). The van der Waals surface area contributed by atoms with E-state index in [1.807, 2.05) is 12.2 Å². The predicted octanol–water partition coefficient (Wildman–Crippen LogP) is 3.52. The highest BCUT2D eigenvalue weighted by Crippen LogP contribution is 2.45. The molecule has 0 spiro atoms. The van der Waals surface area contributed by atoms with Gasteiger partial charge in [-0.15, -0.1) is 10.2 Å². The molecule has 2 fully saturated rings. The highest BCUT2D eigenvalue weighted by molar-refractivity contribution is 6.32. The van der Waals surface area contributed by atoms with Crippen LogP contribution in [0.3, 0.4) is 0 Å². The van der Waals surface area contributed by atoms with Crippen LogP contribution >= 0.6 is 11.6 Å². The molecule has 3 N–H and O–H groups in total. The van der Waals surface area contributed by atoms with Crippen LogP contribution < -0.4 is 15.4 Å². The number of carbonyl (C=O) groups is 4. The number of ether oxygens (including phenoxy) is 2. The number of hydrogen-bond acceptors (Lipinski definition) is 9. The van der Waals surface area contributed by atoms with E-state index in [4.69, 9.17) is 21.1 Å². The van der Waals surface area contributed by atoms with Gasteiger partial charge in [0.1, 0.15) is 29.0 Å². The fourth-order valence-corrected chi connectivity index (χ4v) is 6.25. The van der Waals surface area contributed by atoms with Gasteiger partial charge in [-0.2, -0.15) is 4.80 Å². The minimum absolute atomic E-state index is 0.0337.